The van der Waals surface area contributed by atoms with Crippen molar-refractivity contribution in [3.05, 3.63) is 18.2 Å². The molecule has 0 N–H and O–H groups in total. The Morgan fingerprint density at radius 1 is 1.60 bits per heavy atom. The van der Waals surface area contributed by atoms with Crippen molar-refractivity contribution in [1.82, 2.24) is 9.55 Å². The molecule has 0 saturated heterocycles. The summed E-state index contributed by atoms with van der Waals surface area (Å²) in [6.45, 7) is 3.52. The van der Waals surface area contributed by atoms with Gasteiger partial charge >= 0.3 is 0 Å². The van der Waals surface area contributed by atoms with Crippen molar-refractivity contribution in [2.45, 2.75) is 32.7 Å². The van der Waals surface area contributed by atoms with Crippen LogP contribution in [0.5, 0.6) is 0 Å². The predicted molar refractivity (Wildman–Crippen MR) is 57.7 cm³/mol. The lowest BCUT2D eigenvalue weighted by Gasteiger charge is -2.05. The summed E-state index contributed by atoms with van der Waals surface area (Å²) in [5, 5.41) is 0. The van der Waals surface area contributed by atoms with Crippen molar-refractivity contribution in [2.24, 2.45) is 0 Å². The fourth-order valence-electron chi connectivity index (χ4n) is 1.43. The van der Waals surface area contributed by atoms with Crippen LogP contribution in [0.4, 0.5) is 0 Å². The highest BCUT2D eigenvalue weighted by Crippen LogP contribution is 2.02. The molecule has 0 aliphatic heterocycles. The van der Waals surface area contributed by atoms with E-state index < -0.39 is 0 Å². The number of methoxy groups -OCH3 is 1. The molecule has 0 saturated carbocycles. The van der Waals surface area contributed by atoms with Crippen LogP contribution in [-0.2, 0) is 22.5 Å². The number of Topliss-reactive ketones (excluding diaryl/α,β-unsaturated/α-hetero) is 1. The van der Waals surface area contributed by atoms with Crippen molar-refractivity contribution >= 4 is 5.78 Å². The predicted octanol–water partition coefficient (Wildman–Crippen LogP) is 1.44. The Balaban J connectivity index is 2.48. The summed E-state index contributed by atoms with van der Waals surface area (Å²) in [6.07, 6.45) is 5.60. The number of aromatic nitrogens is 2. The number of ether oxygens (including phenoxy) is 1. The van der Waals surface area contributed by atoms with E-state index in [0.29, 0.717) is 19.4 Å². The van der Waals surface area contributed by atoms with Gasteiger partial charge in [-0.1, -0.05) is 6.92 Å². The molecule has 15 heavy (non-hydrogen) atoms. The summed E-state index contributed by atoms with van der Waals surface area (Å²) in [6, 6.07) is 0. The number of rotatable bonds is 7. The van der Waals surface area contributed by atoms with E-state index in [0.717, 1.165) is 18.8 Å². The molecule has 0 bridgehead atoms. The van der Waals surface area contributed by atoms with Gasteiger partial charge in [-0.2, -0.15) is 0 Å². The molecule has 1 heterocycles. The maximum Gasteiger partial charge on any atom is 0.142 e. The third-order valence-corrected chi connectivity index (χ3v) is 2.21. The highest BCUT2D eigenvalue weighted by molar-refractivity contribution is 5.80. The zero-order valence-electron chi connectivity index (χ0n) is 9.40. The minimum absolute atomic E-state index is 0.181. The van der Waals surface area contributed by atoms with E-state index in [9.17, 15) is 4.79 Å². The van der Waals surface area contributed by atoms with Gasteiger partial charge in [0, 0.05) is 32.5 Å². The highest BCUT2D eigenvalue weighted by atomic mass is 16.5. The Morgan fingerprint density at radius 3 is 3.07 bits per heavy atom. The van der Waals surface area contributed by atoms with Crippen LogP contribution >= 0.6 is 0 Å². The molecule has 0 amide bonds. The van der Waals surface area contributed by atoms with Gasteiger partial charge in [-0.15, -0.1) is 0 Å². The number of hydrogen-bond acceptors (Lipinski definition) is 3. The van der Waals surface area contributed by atoms with Crippen molar-refractivity contribution in [1.29, 1.82) is 0 Å². The number of carbonyl (C=O) groups excluding carboxylic acids is 1. The molecular formula is C11H18N2O2. The minimum Gasteiger partial charge on any atom is -0.384 e. The van der Waals surface area contributed by atoms with Crippen LogP contribution in [0.25, 0.3) is 0 Å². The van der Waals surface area contributed by atoms with Crippen molar-refractivity contribution < 1.29 is 9.53 Å². The molecule has 0 aliphatic rings. The lowest BCUT2D eigenvalue weighted by molar-refractivity contribution is -0.119. The zero-order valence-corrected chi connectivity index (χ0v) is 9.40. The molecule has 0 atom stereocenters. The fourth-order valence-corrected chi connectivity index (χ4v) is 1.43. The second-order valence-electron chi connectivity index (χ2n) is 3.50. The Hall–Kier alpha value is -1.16. The van der Waals surface area contributed by atoms with Gasteiger partial charge in [-0.05, 0) is 6.42 Å². The number of carbonyl (C=O) groups is 1. The largest absolute Gasteiger partial charge is 0.384 e. The van der Waals surface area contributed by atoms with Gasteiger partial charge in [0.15, 0.2) is 0 Å². The Kier molecular flexibility index (Phi) is 5.04. The summed E-state index contributed by atoms with van der Waals surface area (Å²) >= 11 is 0. The Bertz CT molecular complexity index is 307. The summed E-state index contributed by atoms with van der Waals surface area (Å²) < 4.78 is 6.89. The third kappa shape index (κ3) is 3.83. The number of ketones is 1. The van der Waals surface area contributed by atoms with Crippen LogP contribution in [0.1, 0.15) is 25.6 Å². The number of imidazole rings is 1. The SMILES string of the molecule is CCCn1ccnc1CC(=O)CCOC. The van der Waals surface area contributed by atoms with E-state index in [2.05, 4.69) is 11.9 Å². The molecule has 0 aromatic carbocycles. The topological polar surface area (TPSA) is 44.1 Å². The van der Waals surface area contributed by atoms with Crippen LogP contribution in [0.15, 0.2) is 12.4 Å². The van der Waals surface area contributed by atoms with Crippen LogP contribution in [0.2, 0.25) is 0 Å². The molecule has 4 heteroatoms. The van der Waals surface area contributed by atoms with Gasteiger partial charge in [0.05, 0.1) is 13.0 Å². The molecule has 1 aromatic rings. The average molecular weight is 210 g/mol. The number of nitrogens with zero attached hydrogens (tertiary/aromatic N) is 2. The molecule has 0 spiro atoms. The average Bonchev–Trinajstić information content (AvgIpc) is 2.63. The van der Waals surface area contributed by atoms with Gasteiger partial charge in [0.2, 0.25) is 0 Å². The second kappa shape index (κ2) is 6.35. The molecule has 1 rings (SSSR count). The smallest absolute Gasteiger partial charge is 0.142 e. The molecular weight excluding hydrogens is 192 g/mol. The molecule has 4 nitrogen and oxygen atoms in total. The lowest BCUT2D eigenvalue weighted by atomic mass is 10.2. The molecule has 1 aromatic heterocycles. The van der Waals surface area contributed by atoms with E-state index >= 15 is 0 Å². The van der Waals surface area contributed by atoms with E-state index in [-0.39, 0.29) is 5.78 Å². The van der Waals surface area contributed by atoms with E-state index in [1.165, 1.54) is 0 Å². The lowest BCUT2D eigenvalue weighted by Crippen LogP contribution is -2.11. The van der Waals surface area contributed by atoms with E-state index in [4.69, 9.17) is 4.74 Å². The molecule has 84 valence electrons. The Morgan fingerprint density at radius 2 is 2.40 bits per heavy atom. The second-order valence-corrected chi connectivity index (χ2v) is 3.50. The zero-order chi connectivity index (χ0) is 11.1. The van der Waals surface area contributed by atoms with Gasteiger partial charge < -0.3 is 9.30 Å². The van der Waals surface area contributed by atoms with Crippen molar-refractivity contribution in [2.75, 3.05) is 13.7 Å². The standard InChI is InChI=1S/C11H18N2O2/c1-3-6-13-7-5-12-11(13)9-10(14)4-8-15-2/h5,7H,3-4,6,8-9H2,1-2H3. The third-order valence-electron chi connectivity index (χ3n) is 2.21. The number of aryl methyl sites for hydroxylation is 1. The molecule has 0 unspecified atom stereocenters. The number of hydrogen-bond donors (Lipinski definition) is 0. The van der Waals surface area contributed by atoms with Crippen LogP contribution in [-0.4, -0.2) is 29.1 Å². The van der Waals surface area contributed by atoms with Gasteiger partial charge in [-0.25, -0.2) is 4.98 Å². The molecule has 0 aliphatic carbocycles. The van der Waals surface area contributed by atoms with Crippen LogP contribution in [0.3, 0.4) is 0 Å². The first kappa shape index (κ1) is 11.9. The monoisotopic (exact) mass is 210 g/mol. The first-order valence-electron chi connectivity index (χ1n) is 5.28. The van der Waals surface area contributed by atoms with Crippen molar-refractivity contribution in [3.63, 3.8) is 0 Å². The maximum absolute atomic E-state index is 11.5. The van der Waals surface area contributed by atoms with Crippen LogP contribution in [0, 0.1) is 0 Å². The van der Waals surface area contributed by atoms with Gasteiger partial charge in [0.25, 0.3) is 0 Å². The summed E-state index contributed by atoms with van der Waals surface area (Å²) in [5.41, 5.74) is 0. The van der Waals surface area contributed by atoms with Crippen LogP contribution < -0.4 is 0 Å². The van der Waals surface area contributed by atoms with E-state index in [1.54, 1.807) is 13.3 Å². The van der Waals surface area contributed by atoms with Gasteiger partial charge in [0.1, 0.15) is 11.6 Å². The quantitative estimate of drug-likeness (QED) is 0.684. The summed E-state index contributed by atoms with van der Waals surface area (Å²) in [7, 11) is 1.60. The Labute approximate surface area is 90.3 Å². The van der Waals surface area contributed by atoms with Gasteiger partial charge in [-0.3, -0.25) is 4.79 Å². The highest BCUT2D eigenvalue weighted by Gasteiger charge is 2.08. The minimum atomic E-state index is 0.181. The van der Waals surface area contributed by atoms with Crippen molar-refractivity contribution in [3.8, 4) is 0 Å². The van der Waals surface area contributed by atoms with E-state index in [1.807, 2.05) is 10.8 Å². The molecule has 0 radical (unpaired) electrons. The maximum atomic E-state index is 11.5. The first-order chi connectivity index (χ1) is 7.27. The summed E-state index contributed by atoms with van der Waals surface area (Å²) in [5.74, 6) is 1.04. The first-order valence-corrected chi connectivity index (χ1v) is 5.28. The normalized spacial score (nSPS) is 10.5. The molecule has 0 fully saturated rings. The summed E-state index contributed by atoms with van der Waals surface area (Å²) in [4.78, 5) is 15.7. The fraction of sp³-hybridized carbons (Fsp3) is 0.636.